The molecule has 3 N–H and O–H groups in total. The van der Waals surface area contributed by atoms with Crippen LogP contribution in [-0.2, 0) is 33.7 Å². The van der Waals surface area contributed by atoms with Crippen molar-refractivity contribution in [2.24, 2.45) is 5.92 Å². The van der Waals surface area contributed by atoms with Crippen LogP contribution in [0.2, 0.25) is 18.6 Å². The number of rotatable bonds is 11. The van der Waals surface area contributed by atoms with Gasteiger partial charge in [0.05, 0.1) is 52.5 Å². The molecule has 0 radical (unpaired) electrons. The fourth-order valence-corrected chi connectivity index (χ4v) is 12.5. The molecule has 3 aromatic rings. The summed E-state index contributed by atoms with van der Waals surface area (Å²) in [5, 5.41) is 18.0. The van der Waals surface area contributed by atoms with Gasteiger partial charge < -0.3 is 30.1 Å². The number of anilines is 1. The highest BCUT2D eigenvalue weighted by molar-refractivity contribution is 6.91. The maximum atomic E-state index is 14.1. The van der Waals surface area contributed by atoms with E-state index in [1.165, 1.54) is 10.8 Å². The molecule has 6 atom stereocenters. The van der Waals surface area contributed by atoms with Crippen LogP contribution in [0.15, 0.2) is 72.8 Å². The van der Waals surface area contributed by atoms with E-state index in [2.05, 4.69) is 67.0 Å². The molecule has 48 heavy (non-hydrogen) atoms. The van der Waals surface area contributed by atoms with Crippen LogP contribution >= 0.6 is 0 Å². The van der Waals surface area contributed by atoms with E-state index < -0.39 is 8.07 Å². The minimum absolute atomic E-state index is 0.00511. The van der Waals surface area contributed by atoms with Gasteiger partial charge in [0.2, 0.25) is 11.8 Å². The highest BCUT2D eigenvalue weighted by atomic mass is 28.3. The van der Waals surface area contributed by atoms with Gasteiger partial charge in [-0.2, -0.15) is 0 Å². The van der Waals surface area contributed by atoms with Crippen LogP contribution in [0.1, 0.15) is 49.3 Å². The number of hydrogen-bond donors (Lipinski definition) is 3. The number of ether oxygens (including phenoxy) is 2. The smallest absolute Gasteiger partial charge is 0.241 e. The van der Waals surface area contributed by atoms with Gasteiger partial charge in [0.15, 0.2) is 0 Å². The molecule has 8 nitrogen and oxygen atoms in total. The third-order valence-electron chi connectivity index (χ3n) is 11.1. The number of carbonyl (C=O) groups excluding carboxylic acids is 2. The van der Waals surface area contributed by atoms with Gasteiger partial charge in [-0.05, 0) is 91.1 Å². The fourth-order valence-electron chi connectivity index (χ4n) is 8.43. The van der Waals surface area contributed by atoms with Crippen molar-refractivity contribution in [1.82, 2.24) is 10.2 Å². The van der Waals surface area contributed by atoms with E-state index >= 15 is 0 Å². The van der Waals surface area contributed by atoms with Crippen molar-refractivity contribution in [2.75, 3.05) is 25.6 Å². The SMILES string of the molecule is COc1ccc([Si](C)(C)[C@H]2[C@H](C)[C@H](CCc3cccc(NC(=O)[C@H]4CCCN4)c3)O[C@@H]2CC(=O)N2Cc3ccccc3C[C@H]2CO)cc1. The van der Waals surface area contributed by atoms with E-state index in [0.717, 1.165) is 54.8 Å². The number of amides is 2. The summed E-state index contributed by atoms with van der Waals surface area (Å²) in [4.78, 5) is 28.7. The Kier molecular flexibility index (Phi) is 10.7. The molecule has 3 heterocycles. The number of aryl methyl sites for hydroxylation is 1. The van der Waals surface area contributed by atoms with Crippen molar-refractivity contribution in [3.05, 3.63) is 89.5 Å². The monoisotopic (exact) mass is 669 g/mol. The largest absolute Gasteiger partial charge is 0.497 e. The Morgan fingerprint density at radius 1 is 1.04 bits per heavy atom. The van der Waals surface area contributed by atoms with E-state index in [-0.39, 0.29) is 54.2 Å². The Hall–Kier alpha value is -3.50. The molecule has 2 saturated heterocycles. The lowest BCUT2D eigenvalue weighted by Crippen LogP contribution is -2.52. The Morgan fingerprint density at radius 2 is 1.81 bits per heavy atom. The summed E-state index contributed by atoms with van der Waals surface area (Å²) in [6.45, 7) is 8.45. The first kappa shape index (κ1) is 34.4. The molecular formula is C39H51N3O5Si. The Balaban J connectivity index is 1.20. The van der Waals surface area contributed by atoms with Crippen molar-refractivity contribution in [2.45, 2.75) is 94.9 Å². The Labute approximate surface area is 286 Å². The first-order chi connectivity index (χ1) is 23.2. The van der Waals surface area contributed by atoms with Gasteiger partial charge in [-0.3, -0.25) is 9.59 Å². The molecule has 0 saturated carbocycles. The van der Waals surface area contributed by atoms with Gasteiger partial charge in [0.25, 0.3) is 0 Å². The second kappa shape index (κ2) is 14.9. The van der Waals surface area contributed by atoms with Gasteiger partial charge >= 0.3 is 0 Å². The summed E-state index contributed by atoms with van der Waals surface area (Å²) in [7, 11) is -0.466. The fraction of sp³-hybridized carbons (Fsp3) is 0.487. The van der Waals surface area contributed by atoms with Crippen molar-refractivity contribution < 1.29 is 24.2 Å². The van der Waals surface area contributed by atoms with Gasteiger partial charge in [-0.1, -0.05) is 73.7 Å². The van der Waals surface area contributed by atoms with Crippen molar-refractivity contribution in [3.63, 3.8) is 0 Å². The number of benzene rings is 3. The number of nitrogens with zero attached hydrogens (tertiary/aromatic N) is 1. The lowest BCUT2D eigenvalue weighted by atomic mass is 9.93. The lowest BCUT2D eigenvalue weighted by Gasteiger charge is -2.39. The molecule has 256 valence electrons. The maximum Gasteiger partial charge on any atom is 0.241 e. The number of hydrogen-bond acceptors (Lipinski definition) is 6. The Morgan fingerprint density at radius 3 is 2.52 bits per heavy atom. The molecule has 3 aromatic carbocycles. The van der Waals surface area contributed by atoms with Gasteiger partial charge in [0.1, 0.15) is 5.75 Å². The molecule has 3 aliphatic heterocycles. The van der Waals surface area contributed by atoms with E-state index in [1.807, 2.05) is 41.3 Å². The van der Waals surface area contributed by atoms with Crippen molar-refractivity contribution in [3.8, 4) is 5.75 Å². The number of methoxy groups -OCH3 is 1. The molecule has 0 aromatic heterocycles. The first-order valence-corrected chi connectivity index (χ1v) is 20.7. The normalized spacial score (nSPS) is 25.5. The lowest BCUT2D eigenvalue weighted by molar-refractivity contribution is -0.138. The molecule has 3 aliphatic rings. The molecular weight excluding hydrogens is 619 g/mol. The summed E-state index contributed by atoms with van der Waals surface area (Å²) in [5.41, 5.74) is 4.55. The summed E-state index contributed by atoms with van der Waals surface area (Å²) in [6, 6.07) is 24.5. The van der Waals surface area contributed by atoms with Crippen LogP contribution in [0.3, 0.4) is 0 Å². The standard InChI is InChI=1S/C39H51N3O5Si/c1-26-35(19-14-27-9-7-12-30(21-27)41-39(45)34-13-8-20-40-34)47-36(38(26)48(3,4)33-17-15-32(46-2)16-18-33)23-37(44)42-24-29-11-6-5-10-28(29)22-31(42)25-43/h5-7,9-12,15-18,21,26,31,34-36,38,40,43H,8,13-14,19-20,22-25H2,1-4H3,(H,41,45)/t26-,31+,34-,35+,36-,38+/m1/s1. The summed E-state index contributed by atoms with van der Waals surface area (Å²) < 4.78 is 12.4. The number of aliphatic hydroxyl groups excluding tert-OH is 1. The number of carbonyl (C=O) groups is 2. The second-order valence-electron chi connectivity index (χ2n) is 14.5. The molecule has 2 fully saturated rings. The quantitative estimate of drug-likeness (QED) is 0.248. The van der Waals surface area contributed by atoms with Gasteiger partial charge in [0, 0.05) is 12.2 Å². The zero-order chi connectivity index (χ0) is 33.8. The predicted molar refractivity (Wildman–Crippen MR) is 192 cm³/mol. The highest BCUT2D eigenvalue weighted by Gasteiger charge is 2.51. The van der Waals surface area contributed by atoms with Gasteiger partial charge in [-0.25, -0.2) is 0 Å². The number of nitrogens with one attached hydrogen (secondary N) is 2. The molecule has 6 rings (SSSR count). The zero-order valence-corrected chi connectivity index (χ0v) is 29.8. The summed E-state index contributed by atoms with van der Waals surface area (Å²) in [6.07, 6.45) is 4.27. The maximum absolute atomic E-state index is 14.1. The third kappa shape index (κ3) is 7.39. The molecule has 0 spiro atoms. The van der Waals surface area contributed by atoms with Crippen LogP contribution in [0.4, 0.5) is 5.69 Å². The molecule has 0 aliphatic carbocycles. The number of aliphatic hydroxyl groups is 1. The van der Waals surface area contributed by atoms with Gasteiger partial charge in [-0.15, -0.1) is 0 Å². The minimum Gasteiger partial charge on any atom is -0.497 e. The minimum atomic E-state index is -2.15. The average molecular weight is 670 g/mol. The van der Waals surface area contributed by atoms with Crippen LogP contribution in [-0.4, -0.2) is 74.4 Å². The molecule has 0 unspecified atom stereocenters. The number of fused-ring (bicyclic) bond motifs is 1. The topological polar surface area (TPSA) is 100 Å². The van der Waals surface area contributed by atoms with E-state index in [0.29, 0.717) is 19.4 Å². The van der Waals surface area contributed by atoms with E-state index in [9.17, 15) is 14.7 Å². The van der Waals surface area contributed by atoms with Crippen molar-refractivity contribution >= 4 is 30.8 Å². The summed E-state index contributed by atoms with van der Waals surface area (Å²) in [5.74, 6) is 1.16. The van der Waals surface area contributed by atoms with E-state index in [1.54, 1.807) is 7.11 Å². The predicted octanol–water partition coefficient (Wildman–Crippen LogP) is 5.04. The summed E-state index contributed by atoms with van der Waals surface area (Å²) >= 11 is 0. The second-order valence-corrected chi connectivity index (χ2v) is 19.1. The molecule has 9 heteroatoms. The zero-order valence-electron chi connectivity index (χ0n) is 28.8. The van der Waals surface area contributed by atoms with Crippen molar-refractivity contribution in [1.29, 1.82) is 0 Å². The Bertz CT molecular complexity index is 1570. The molecule has 0 bridgehead atoms. The van der Waals surface area contributed by atoms with Crippen LogP contribution in [0, 0.1) is 5.92 Å². The average Bonchev–Trinajstić information content (AvgIpc) is 3.75. The van der Waals surface area contributed by atoms with E-state index in [4.69, 9.17) is 9.47 Å². The first-order valence-electron chi connectivity index (χ1n) is 17.6. The van der Waals surface area contributed by atoms with Crippen LogP contribution in [0.5, 0.6) is 5.75 Å². The molecule has 2 amide bonds. The third-order valence-corrected chi connectivity index (χ3v) is 15.5. The highest BCUT2D eigenvalue weighted by Crippen LogP contribution is 2.47. The van der Waals surface area contributed by atoms with Crippen LogP contribution < -0.4 is 20.6 Å². The van der Waals surface area contributed by atoms with Crippen LogP contribution in [0.25, 0.3) is 0 Å².